The van der Waals surface area contributed by atoms with Crippen LogP contribution in [0.2, 0.25) is 0 Å². The third-order valence-corrected chi connectivity index (χ3v) is 3.66. The van der Waals surface area contributed by atoms with Crippen molar-refractivity contribution in [1.29, 1.82) is 0 Å². The van der Waals surface area contributed by atoms with Gasteiger partial charge in [-0.25, -0.2) is 0 Å². The molecule has 2 nitrogen and oxygen atoms in total. The Balaban J connectivity index is 2.40. The molecule has 15 heavy (non-hydrogen) atoms. The molecule has 0 saturated heterocycles. The van der Waals surface area contributed by atoms with Gasteiger partial charge in [0.05, 0.1) is 5.92 Å². The van der Waals surface area contributed by atoms with Gasteiger partial charge in [0.2, 0.25) is 0 Å². The lowest BCUT2D eigenvalue weighted by molar-refractivity contribution is -0.141. The second kappa shape index (κ2) is 5.91. The summed E-state index contributed by atoms with van der Waals surface area (Å²) >= 11 is 1.82. The Labute approximate surface area is 94.9 Å². The highest BCUT2D eigenvalue weighted by Gasteiger charge is 2.11. The minimum absolute atomic E-state index is 0.235. The molecule has 0 radical (unpaired) electrons. The average molecular weight is 226 g/mol. The van der Waals surface area contributed by atoms with E-state index in [0.717, 1.165) is 19.3 Å². The Morgan fingerprint density at radius 1 is 1.40 bits per heavy atom. The van der Waals surface area contributed by atoms with Crippen molar-refractivity contribution >= 4 is 17.3 Å². The molecule has 1 atom stereocenters. The van der Waals surface area contributed by atoms with Crippen LogP contribution in [0.25, 0.3) is 0 Å². The molecule has 1 rings (SSSR count). The van der Waals surface area contributed by atoms with E-state index in [2.05, 4.69) is 19.1 Å². The molecule has 1 heterocycles. The quantitative estimate of drug-likeness (QED) is 0.807. The van der Waals surface area contributed by atoms with Gasteiger partial charge in [-0.05, 0) is 31.4 Å². The lowest BCUT2D eigenvalue weighted by Gasteiger charge is -2.03. The van der Waals surface area contributed by atoms with Crippen molar-refractivity contribution < 1.29 is 9.90 Å². The van der Waals surface area contributed by atoms with Crippen molar-refractivity contribution in [3.8, 4) is 0 Å². The summed E-state index contributed by atoms with van der Waals surface area (Å²) in [6.07, 6.45) is 3.94. The number of aliphatic carboxylic acids is 1. The van der Waals surface area contributed by atoms with Crippen LogP contribution in [0.3, 0.4) is 0 Å². The van der Waals surface area contributed by atoms with Crippen molar-refractivity contribution in [3.05, 3.63) is 21.9 Å². The Morgan fingerprint density at radius 3 is 2.53 bits per heavy atom. The zero-order valence-electron chi connectivity index (χ0n) is 9.32. The summed E-state index contributed by atoms with van der Waals surface area (Å²) in [5.74, 6) is -0.929. The van der Waals surface area contributed by atoms with Crippen LogP contribution in [0, 0.1) is 5.92 Å². The van der Waals surface area contributed by atoms with E-state index >= 15 is 0 Å². The first-order valence-electron chi connectivity index (χ1n) is 5.44. The van der Waals surface area contributed by atoms with Crippen LogP contribution in [0.4, 0.5) is 0 Å². The molecule has 1 unspecified atom stereocenters. The van der Waals surface area contributed by atoms with Crippen molar-refractivity contribution in [2.75, 3.05) is 0 Å². The second-order valence-corrected chi connectivity index (χ2v) is 5.15. The largest absolute Gasteiger partial charge is 0.481 e. The van der Waals surface area contributed by atoms with Crippen molar-refractivity contribution in [3.63, 3.8) is 0 Å². The predicted molar refractivity (Wildman–Crippen MR) is 63.4 cm³/mol. The number of rotatable bonds is 6. The van der Waals surface area contributed by atoms with Crippen molar-refractivity contribution in [1.82, 2.24) is 0 Å². The molecule has 3 heteroatoms. The van der Waals surface area contributed by atoms with Gasteiger partial charge < -0.3 is 5.11 Å². The maximum absolute atomic E-state index is 10.6. The molecule has 1 N–H and O–H groups in total. The Kier molecular flexibility index (Phi) is 4.82. The molecule has 0 fully saturated rings. The molecule has 0 saturated carbocycles. The fourth-order valence-corrected chi connectivity index (χ4v) is 2.55. The fourth-order valence-electron chi connectivity index (χ4n) is 1.42. The zero-order valence-corrected chi connectivity index (χ0v) is 10.1. The van der Waals surface area contributed by atoms with E-state index in [4.69, 9.17) is 5.11 Å². The number of hydrogen-bond acceptors (Lipinski definition) is 2. The van der Waals surface area contributed by atoms with Gasteiger partial charge in [0, 0.05) is 9.75 Å². The normalized spacial score (nSPS) is 12.7. The standard InChI is InChI=1S/C12H18O2S/c1-3-4-10-7-8-11(15-10)6-5-9(2)12(13)14/h7-9H,3-6H2,1-2H3,(H,13,14). The van der Waals surface area contributed by atoms with Gasteiger partial charge in [-0.2, -0.15) is 0 Å². The van der Waals surface area contributed by atoms with E-state index in [1.807, 2.05) is 11.3 Å². The number of thiophene rings is 1. The van der Waals surface area contributed by atoms with Crippen LogP contribution in [0.1, 0.15) is 36.4 Å². The molecule has 0 aliphatic rings. The molecule has 0 aliphatic carbocycles. The Bertz CT molecular complexity index is 317. The summed E-state index contributed by atoms with van der Waals surface area (Å²) in [6, 6.07) is 4.29. The maximum Gasteiger partial charge on any atom is 0.306 e. The lowest BCUT2D eigenvalue weighted by atomic mass is 10.1. The minimum atomic E-state index is -0.694. The Hall–Kier alpha value is -0.830. The summed E-state index contributed by atoms with van der Waals surface area (Å²) in [5.41, 5.74) is 0. The first-order valence-corrected chi connectivity index (χ1v) is 6.25. The highest BCUT2D eigenvalue weighted by molar-refractivity contribution is 7.11. The molecule has 84 valence electrons. The van der Waals surface area contributed by atoms with Crippen LogP contribution < -0.4 is 0 Å². The highest BCUT2D eigenvalue weighted by atomic mass is 32.1. The SMILES string of the molecule is CCCc1ccc(CCC(C)C(=O)O)s1. The minimum Gasteiger partial charge on any atom is -0.481 e. The Morgan fingerprint density at radius 2 is 2.00 bits per heavy atom. The predicted octanol–water partition coefficient (Wildman–Crippen LogP) is 3.35. The van der Waals surface area contributed by atoms with Gasteiger partial charge >= 0.3 is 5.97 Å². The van der Waals surface area contributed by atoms with Gasteiger partial charge in [0.15, 0.2) is 0 Å². The number of carbonyl (C=O) groups is 1. The summed E-state index contributed by atoms with van der Waals surface area (Å²) in [6.45, 7) is 3.94. The monoisotopic (exact) mass is 226 g/mol. The molecule has 0 aliphatic heterocycles. The summed E-state index contributed by atoms with van der Waals surface area (Å²) in [7, 11) is 0. The third-order valence-electron chi connectivity index (χ3n) is 2.46. The number of aryl methyl sites for hydroxylation is 2. The molecule has 0 bridgehead atoms. The molecular weight excluding hydrogens is 208 g/mol. The number of carboxylic acids is 1. The lowest BCUT2D eigenvalue weighted by Crippen LogP contribution is -2.09. The van der Waals surface area contributed by atoms with Crippen molar-refractivity contribution in [2.45, 2.75) is 39.5 Å². The third kappa shape index (κ3) is 4.04. The second-order valence-electron chi connectivity index (χ2n) is 3.90. The molecule has 1 aromatic heterocycles. The summed E-state index contributed by atoms with van der Waals surface area (Å²) < 4.78 is 0. The van der Waals surface area contributed by atoms with E-state index in [-0.39, 0.29) is 5.92 Å². The van der Waals surface area contributed by atoms with Gasteiger partial charge in [-0.3, -0.25) is 4.79 Å². The van der Waals surface area contributed by atoms with Crippen molar-refractivity contribution in [2.24, 2.45) is 5.92 Å². The van der Waals surface area contributed by atoms with E-state index in [1.165, 1.54) is 16.2 Å². The van der Waals surface area contributed by atoms with E-state index in [0.29, 0.717) is 0 Å². The molecular formula is C12H18O2S. The number of hydrogen-bond donors (Lipinski definition) is 1. The number of carboxylic acid groups (broad SMARTS) is 1. The van der Waals surface area contributed by atoms with Crippen LogP contribution >= 0.6 is 11.3 Å². The highest BCUT2D eigenvalue weighted by Crippen LogP contribution is 2.20. The van der Waals surface area contributed by atoms with Crippen LogP contribution in [-0.2, 0) is 17.6 Å². The first-order chi connectivity index (χ1) is 7.13. The average Bonchev–Trinajstić information content (AvgIpc) is 2.62. The van der Waals surface area contributed by atoms with E-state index in [9.17, 15) is 4.79 Å². The van der Waals surface area contributed by atoms with Gasteiger partial charge in [-0.1, -0.05) is 20.3 Å². The smallest absolute Gasteiger partial charge is 0.306 e. The summed E-state index contributed by atoms with van der Waals surface area (Å²) in [5, 5.41) is 8.75. The molecule has 0 spiro atoms. The topological polar surface area (TPSA) is 37.3 Å². The van der Waals surface area contributed by atoms with Crippen LogP contribution in [-0.4, -0.2) is 11.1 Å². The molecule has 1 aromatic rings. The van der Waals surface area contributed by atoms with E-state index < -0.39 is 5.97 Å². The van der Waals surface area contributed by atoms with Crippen LogP contribution in [0.15, 0.2) is 12.1 Å². The van der Waals surface area contributed by atoms with Gasteiger partial charge in [-0.15, -0.1) is 11.3 Å². The van der Waals surface area contributed by atoms with Crippen LogP contribution in [0.5, 0.6) is 0 Å². The first kappa shape index (κ1) is 12.2. The molecule has 0 amide bonds. The zero-order chi connectivity index (χ0) is 11.3. The summed E-state index contributed by atoms with van der Waals surface area (Å²) in [4.78, 5) is 13.4. The molecule has 0 aromatic carbocycles. The maximum atomic E-state index is 10.6. The fraction of sp³-hybridized carbons (Fsp3) is 0.583. The van der Waals surface area contributed by atoms with E-state index in [1.54, 1.807) is 6.92 Å². The van der Waals surface area contributed by atoms with Gasteiger partial charge in [0.25, 0.3) is 0 Å². The van der Waals surface area contributed by atoms with Gasteiger partial charge in [0.1, 0.15) is 0 Å².